The van der Waals surface area contributed by atoms with Crippen LogP contribution in [0.5, 0.6) is 0 Å². The van der Waals surface area contributed by atoms with Crippen LogP contribution in [0.3, 0.4) is 0 Å². The predicted octanol–water partition coefficient (Wildman–Crippen LogP) is 2.65. The molecule has 0 aliphatic heterocycles. The number of hydrogen-bond donors (Lipinski definition) is 3. The molecular formula is C16H22ClNO2. The molecule has 0 radical (unpaired) electrons. The SMILES string of the molecule is CC(C)NCC(O)C(O)c1cccc2ccccc12.Cl. The van der Waals surface area contributed by atoms with Crippen molar-refractivity contribution in [2.24, 2.45) is 0 Å². The van der Waals surface area contributed by atoms with Crippen LogP contribution in [0.2, 0.25) is 0 Å². The molecule has 0 aromatic heterocycles. The highest BCUT2D eigenvalue weighted by atomic mass is 35.5. The molecule has 0 saturated carbocycles. The largest absolute Gasteiger partial charge is 0.389 e. The van der Waals surface area contributed by atoms with Crippen molar-refractivity contribution >= 4 is 23.2 Å². The van der Waals surface area contributed by atoms with E-state index in [2.05, 4.69) is 5.32 Å². The zero-order valence-corrected chi connectivity index (χ0v) is 12.6. The highest BCUT2D eigenvalue weighted by Crippen LogP contribution is 2.26. The summed E-state index contributed by atoms with van der Waals surface area (Å²) in [5.74, 6) is 0. The Balaban J connectivity index is 0.00000200. The van der Waals surface area contributed by atoms with Gasteiger partial charge < -0.3 is 15.5 Å². The highest BCUT2D eigenvalue weighted by molar-refractivity contribution is 5.86. The first-order chi connectivity index (χ1) is 9.09. The standard InChI is InChI=1S/C16H21NO2.ClH/c1-11(2)17-10-15(18)16(19)14-9-5-7-12-6-3-4-8-13(12)14;/h3-9,11,15-19H,10H2,1-2H3;1H. The molecule has 3 N–H and O–H groups in total. The molecule has 2 aromatic carbocycles. The van der Waals surface area contributed by atoms with Gasteiger partial charge in [-0.1, -0.05) is 56.3 Å². The van der Waals surface area contributed by atoms with E-state index in [0.717, 1.165) is 16.3 Å². The van der Waals surface area contributed by atoms with Crippen molar-refractivity contribution in [1.82, 2.24) is 5.32 Å². The zero-order valence-electron chi connectivity index (χ0n) is 11.8. The van der Waals surface area contributed by atoms with E-state index in [1.54, 1.807) is 0 Å². The molecule has 110 valence electrons. The van der Waals surface area contributed by atoms with E-state index in [1.807, 2.05) is 56.3 Å². The number of halogens is 1. The molecule has 2 atom stereocenters. The lowest BCUT2D eigenvalue weighted by Crippen LogP contribution is -2.35. The maximum Gasteiger partial charge on any atom is 0.107 e. The molecule has 0 bridgehead atoms. The number of aliphatic hydroxyl groups is 2. The minimum Gasteiger partial charge on any atom is -0.389 e. The molecule has 0 fully saturated rings. The number of rotatable bonds is 5. The van der Waals surface area contributed by atoms with E-state index in [1.165, 1.54) is 0 Å². The van der Waals surface area contributed by atoms with Crippen molar-refractivity contribution in [2.45, 2.75) is 32.1 Å². The third-order valence-corrected chi connectivity index (χ3v) is 3.24. The monoisotopic (exact) mass is 295 g/mol. The van der Waals surface area contributed by atoms with Crippen LogP contribution in [-0.2, 0) is 0 Å². The summed E-state index contributed by atoms with van der Waals surface area (Å²) in [6.45, 7) is 4.40. The van der Waals surface area contributed by atoms with Crippen LogP contribution in [0.15, 0.2) is 42.5 Å². The van der Waals surface area contributed by atoms with Gasteiger partial charge in [0, 0.05) is 12.6 Å². The molecule has 2 aromatic rings. The Kier molecular flexibility index (Phi) is 6.43. The van der Waals surface area contributed by atoms with Gasteiger partial charge in [-0.05, 0) is 16.3 Å². The Labute approximate surface area is 126 Å². The first kappa shape index (κ1) is 16.9. The number of benzene rings is 2. The van der Waals surface area contributed by atoms with Crippen LogP contribution >= 0.6 is 12.4 Å². The number of hydrogen-bond acceptors (Lipinski definition) is 3. The predicted molar refractivity (Wildman–Crippen MR) is 85.3 cm³/mol. The Morgan fingerprint density at radius 2 is 1.65 bits per heavy atom. The van der Waals surface area contributed by atoms with Gasteiger partial charge in [0.2, 0.25) is 0 Å². The van der Waals surface area contributed by atoms with Gasteiger partial charge in [-0.15, -0.1) is 12.4 Å². The first-order valence-electron chi connectivity index (χ1n) is 6.66. The smallest absolute Gasteiger partial charge is 0.107 e. The van der Waals surface area contributed by atoms with Crippen molar-refractivity contribution in [3.8, 4) is 0 Å². The minimum absolute atomic E-state index is 0. The van der Waals surface area contributed by atoms with Gasteiger partial charge in [-0.25, -0.2) is 0 Å². The van der Waals surface area contributed by atoms with Crippen LogP contribution in [-0.4, -0.2) is 28.9 Å². The van der Waals surface area contributed by atoms with Crippen molar-refractivity contribution in [3.05, 3.63) is 48.0 Å². The van der Waals surface area contributed by atoms with E-state index in [4.69, 9.17) is 0 Å². The first-order valence-corrected chi connectivity index (χ1v) is 6.66. The second kappa shape index (κ2) is 7.60. The fourth-order valence-corrected chi connectivity index (χ4v) is 2.18. The van der Waals surface area contributed by atoms with E-state index in [9.17, 15) is 10.2 Å². The second-order valence-corrected chi connectivity index (χ2v) is 5.14. The molecule has 0 spiro atoms. The Morgan fingerprint density at radius 1 is 1.00 bits per heavy atom. The fraction of sp³-hybridized carbons (Fsp3) is 0.375. The van der Waals surface area contributed by atoms with Crippen molar-refractivity contribution in [1.29, 1.82) is 0 Å². The van der Waals surface area contributed by atoms with Gasteiger partial charge >= 0.3 is 0 Å². The van der Waals surface area contributed by atoms with Crippen molar-refractivity contribution in [3.63, 3.8) is 0 Å². The number of nitrogens with one attached hydrogen (secondary N) is 1. The van der Waals surface area contributed by atoms with Gasteiger partial charge in [0.15, 0.2) is 0 Å². The molecule has 0 amide bonds. The molecule has 0 heterocycles. The average molecular weight is 296 g/mol. The van der Waals surface area contributed by atoms with Crippen LogP contribution in [0.25, 0.3) is 10.8 Å². The second-order valence-electron chi connectivity index (χ2n) is 5.14. The van der Waals surface area contributed by atoms with Crippen LogP contribution < -0.4 is 5.32 Å². The minimum atomic E-state index is -0.877. The summed E-state index contributed by atoms with van der Waals surface area (Å²) in [5.41, 5.74) is 0.774. The maximum atomic E-state index is 10.3. The Bertz CT molecular complexity index is 539. The normalized spacial score (nSPS) is 14.1. The molecule has 20 heavy (non-hydrogen) atoms. The van der Waals surface area contributed by atoms with Crippen LogP contribution in [0, 0.1) is 0 Å². The van der Waals surface area contributed by atoms with Gasteiger partial charge in [-0.2, -0.15) is 0 Å². The third-order valence-electron chi connectivity index (χ3n) is 3.24. The molecule has 3 nitrogen and oxygen atoms in total. The summed E-state index contributed by atoms with van der Waals surface area (Å²) in [5, 5.41) is 25.6. The molecule has 0 saturated heterocycles. The highest BCUT2D eigenvalue weighted by Gasteiger charge is 2.20. The number of fused-ring (bicyclic) bond motifs is 1. The molecule has 2 rings (SSSR count). The molecule has 4 heteroatoms. The van der Waals surface area contributed by atoms with Gasteiger partial charge in [0.1, 0.15) is 6.10 Å². The topological polar surface area (TPSA) is 52.5 Å². The van der Waals surface area contributed by atoms with Gasteiger partial charge in [0.05, 0.1) is 6.10 Å². The van der Waals surface area contributed by atoms with E-state index < -0.39 is 12.2 Å². The fourth-order valence-electron chi connectivity index (χ4n) is 2.18. The Morgan fingerprint density at radius 3 is 2.35 bits per heavy atom. The molecule has 0 aliphatic carbocycles. The van der Waals surface area contributed by atoms with Gasteiger partial charge in [-0.3, -0.25) is 0 Å². The summed E-state index contributed by atoms with van der Waals surface area (Å²) in [7, 11) is 0. The van der Waals surface area contributed by atoms with Crippen LogP contribution in [0.4, 0.5) is 0 Å². The summed E-state index contributed by atoms with van der Waals surface area (Å²) in [4.78, 5) is 0. The summed E-state index contributed by atoms with van der Waals surface area (Å²) in [6, 6.07) is 13.9. The lowest BCUT2D eigenvalue weighted by molar-refractivity contribution is 0.0190. The Hall–Kier alpha value is -1.13. The number of aliphatic hydroxyl groups excluding tert-OH is 2. The third kappa shape index (κ3) is 3.93. The van der Waals surface area contributed by atoms with E-state index in [-0.39, 0.29) is 18.4 Å². The molecular weight excluding hydrogens is 274 g/mol. The zero-order chi connectivity index (χ0) is 13.8. The van der Waals surface area contributed by atoms with Crippen LogP contribution in [0.1, 0.15) is 25.5 Å². The average Bonchev–Trinajstić information content (AvgIpc) is 2.43. The summed E-state index contributed by atoms with van der Waals surface area (Å²) >= 11 is 0. The van der Waals surface area contributed by atoms with E-state index in [0.29, 0.717) is 6.54 Å². The maximum absolute atomic E-state index is 10.3. The molecule has 2 unspecified atom stereocenters. The van der Waals surface area contributed by atoms with E-state index >= 15 is 0 Å². The quantitative estimate of drug-likeness (QED) is 0.795. The summed E-state index contributed by atoms with van der Waals surface area (Å²) in [6.07, 6.45) is -1.69. The van der Waals surface area contributed by atoms with Crippen molar-refractivity contribution < 1.29 is 10.2 Å². The lowest BCUT2D eigenvalue weighted by atomic mass is 9.97. The van der Waals surface area contributed by atoms with Crippen molar-refractivity contribution in [2.75, 3.05) is 6.54 Å². The molecule has 0 aliphatic rings. The van der Waals surface area contributed by atoms with Gasteiger partial charge in [0.25, 0.3) is 0 Å². The summed E-state index contributed by atoms with van der Waals surface area (Å²) < 4.78 is 0. The lowest BCUT2D eigenvalue weighted by Gasteiger charge is -2.21.